The third-order valence-electron chi connectivity index (χ3n) is 4.02. The molecule has 0 aliphatic carbocycles. The summed E-state index contributed by atoms with van der Waals surface area (Å²) in [5, 5.41) is 4.09. The smallest absolute Gasteiger partial charge is 0.267 e. The number of hydrogen-bond donors (Lipinski definition) is 1. The number of hydrogen-bond acceptors (Lipinski definition) is 4. The van der Waals surface area contributed by atoms with Gasteiger partial charge in [-0.2, -0.15) is 0 Å². The summed E-state index contributed by atoms with van der Waals surface area (Å²) in [6, 6.07) is 14.3. The highest BCUT2D eigenvalue weighted by Gasteiger charge is 2.28. The molecule has 1 N–H and O–H groups in total. The Balaban J connectivity index is 1.90. The number of anilines is 2. The van der Waals surface area contributed by atoms with Crippen molar-refractivity contribution in [2.24, 2.45) is 0 Å². The Morgan fingerprint density at radius 2 is 1.81 bits per heavy atom. The van der Waals surface area contributed by atoms with Crippen molar-refractivity contribution in [2.75, 3.05) is 16.7 Å². The lowest BCUT2D eigenvalue weighted by Gasteiger charge is -2.19. The summed E-state index contributed by atoms with van der Waals surface area (Å²) in [4.78, 5) is 12.5. The van der Waals surface area contributed by atoms with Crippen LogP contribution < -0.4 is 9.62 Å². The van der Waals surface area contributed by atoms with Crippen LogP contribution in [0.4, 0.5) is 15.8 Å². The molecule has 8 heteroatoms. The van der Waals surface area contributed by atoms with Crippen molar-refractivity contribution in [1.29, 1.82) is 0 Å². The molecule has 0 bridgehead atoms. The molecule has 1 amide bonds. The highest BCUT2D eigenvalue weighted by Crippen LogP contribution is 2.28. The van der Waals surface area contributed by atoms with Gasteiger partial charge in [0, 0.05) is 12.7 Å². The number of para-hydroxylation sites is 1. The van der Waals surface area contributed by atoms with E-state index in [4.69, 9.17) is 0 Å². The first-order valence-electron chi connectivity index (χ1n) is 7.99. The number of rotatable bonds is 5. The number of nitrogens with zero attached hydrogens (tertiary/aromatic N) is 1. The third-order valence-corrected chi connectivity index (χ3v) is 6.89. The molecule has 5 nitrogen and oxygen atoms in total. The van der Waals surface area contributed by atoms with Crippen LogP contribution >= 0.6 is 11.3 Å². The second kappa shape index (κ2) is 7.50. The lowest BCUT2D eigenvalue weighted by atomic mass is 10.2. The largest absolute Gasteiger partial charge is 0.321 e. The van der Waals surface area contributed by atoms with Crippen LogP contribution in [0.5, 0.6) is 0 Å². The molecule has 0 aliphatic heterocycles. The van der Waals surface area contributed by atoms with Crippen molar-refractivity contribution < 1.29 is 17.6 Å². The van der Waals surface area contributed by atoms with E-state index >= 15 is 0 Å². The maximum Gasteiger partial charge on any atom is 0.267 e. The zero-order valence-corrected chi connectivity index (χ0v) is 16.3. The van der Waals surface area contributed by atoms with Gasteiger partial charge in [0.05, 0.1) is 5.69 Å². The van der Waals surface area contributed by atoms with Gasteiger partial charge in [0.2, 0.25) is 0 Å². The average molecular weight is 404 g/mol. The molecule has 27 heavy (non-hydrogen) atoms. The standard InChI is InChI=1S/C19H17FN2O3S2/c1-13-8-9-14(12-16(13)20)21-19(23)18-17(10-11-26-18)27(24,25)22(2)15-6-4-3-5-7-15/h3-12H,1-2H3,(H,21,23). The number of nitrogens with one attached hydrogen (secondary N) is 1. The van der Waals surface area contributed by atoms with E-state index in [0.29, 0.717) is 11.3 Å². The third kappa shape index (κ3) is 3.86. The second-order valence-electron chi connectivity index (χ2n) is 5.84. The van der Waals surface area contributed by atoms with Crippen molar-refractivity contribution in [3.05, 3.63) is 76.2 Å². The molecule has 0 fully saturated rings. The number of sulfonamides is 1. The molecule has 0 saturated carbocycles. The predicted octanol–water partition coefficient (Wildman–Crippen LogP) is 4.27. The van der Waals surface area contributed by atoms with Gasteiger partial charge in [-0.05, 0) is 48.2 Å². The quantitative estimate of drug-likeness (QED) is 0.690. The number of thiophene rings is 1. The molecule has 1 aromatic heterocycles. The van der Waals surface area contributed by atoms with E-state index < -0.39 is 21.7 Å². The van der Waals surface area contributed by atoms with E-state index in [-0.39, 0.29) is 15.5 Å². The fourth-order valence-corrected chi connectivity index (χ4v) is 4.94. The van der Waals surface area contributed by atoms with Crippen molar-refractivity contribution in [3.63, 3.8) is 0 Å². The first kappa shape index (κ1) is 19.1. The highest BCUT2D eigenvalue weighted by atomic mass is 32.2. The molecule has 0 saturated heterocycles. The van der Waals surface area contributed by atoms with Crippen molar-refractivity contribution in [3.8, 4) is 0 Å². The zero-order valence-electron chi connectivity index (χ0n) is 14.6. The Morgan fingerprint density at radius 1 is 1.11 bits per heavy atom. The molecule has 0 unspecified atom stereocenters. The predicted molar refractivity (Wildman–Crippen MR) is 105 cm³/mol. The molecule has 0 atom stereocenters. The highest BCUT2D eigenvalue weighted by molar-refractivity contribution is 7.93. The van der Waals surface area contributed by atoms with Crippen LogP contribution in [-0.4, -0.2) is 21.4 Å². The molecule has 0 spiro atoms. The molecular weight excluding hydrogens is 387 g/mol. The monoisotopic (exact) mass is 404 g/mol. The molecule has 3 aromatic rings. The van der Waals surface area contributed by atoms with Gasteiger partial charge in [-0.25, -0.2) is 12.8 Å². The molecule has 140 valence electrons. The lowest BCUT2D eigenvalue weighted by Crippen LogP contribution is -2.28. The first-order chi connectivity index (χ1) is 12.8. The molecule has 3 rings (SSSR count). The SMILES string of the molecule is Cc1ccc(NC(=O)c2sccc2S(=O)(=O)N(C)c2ccccc2)cc1F. The summed E-state index contributed by atoms with van der Waals surface area (Å²) in [6.07, 6.45) is 0. The van der Waals surface area contributed by atoms with Crippen LogP contribution in [0.2, 0.25) is 0 Å². The Morgan fingerprint density at radius 3 is 2.48 bits per heavy atom. The van der Waals surface area contributed by atoms with Crippen LogP contribution in [0, 0.1) is 12.7 Å². The minimum Gasteiger partial charge on any atom is -0.321 e. The van der Waals surface area contributed by atoms with E-state index in [2.05, 4.69) is 5.32 Å². The van der Waals surface area contributed by atoms with Crippen molar-refractivity contribution in [1.82, 2.24) is 0 Å². The van der Waals surface area contributed by atoms with E-state index in [1.807, 2.05) is 0 Å². The molecule has 1 heterocycles. The number of carbonyl (C=O) groups is 1. The Labute approximate surface area is 161 Å². The maximum atomic E-state index is 13.7. The first-order valence-corrected chi connectivity index (χ1v) is 10.3. The Hall–Kier alpha value is -2.71. The fraction of sp³-hybridized carbons (Fsp3) is 0.105. The summed E-state index contributed by atoms with van der Waals surface area (Å²) in [5.41, 5.74) is 1.20. The van der Waals surface area contributed by atoms with E-state index in [1.165, 1.54) is 24.6 Å². The molecule has 0 aliphatic rings. The Kier molecular flexibility index (Phi) is 5.29. The maximum absolute atomic E-state index is 13.7. The van der Waals surface area contributed by atoms with Crippen LogP contribution in [0.1, 0.15) is 15.2 Å². The van der Waals surface area contributed by atoms with Crippen LogP contribution in [0.25, 0.3) is 0 Å². The van der Waals surface area contributed by atoms with Crippen LogP contribution in [0.3, 0.4) is 0 Å². The number of carbonyl (C=O) groups excluding carboxylic acids is 1. The van der Waals surface area contributed by atoms with E-state index in [9.17, 15) is 17.6 Å². The number of amides is 1. The Bertz CT molecular complexity index is 1080. The van der Waals surface area contributed by atoms with Gasteiger partial charge in [0.1, 0.15) is 15.6 Å². The zero-order chi connectivity index (χ0) is 19.6. The van der Waals surface area contributed by atoms with Gasteiger partial charge < -0.3 is 5.32 Å². The molecular formula is C19H17FN2O3S2. The summed E-state index contributed by atoms with van der Waals surface area (Å²) < 4.78 is 40.7. The van der Waals surface area contributed by atoms with Gasteiger partial charge in [0.25, 0.3) is 15.9 Å². The second-order valence-corrected chi connectivity index (χ2v) is 8.69. The number of aryl methyl sites for hydroxylation is 1. The summed E-state index contributed by atoms with van der Waals surface area (Å²) in [5.74, 6) is -1.05. The number of benzene rings is 2. The fourth-order valence-electron chi connectivity index (χ4n) is 2.45. The van der Waals surface area contributed by atoms with Gasteiger partial charge >= 0.3 is 0 Å². The normalized spacial score (nSPS) is 11.2. The molecule has 2 aromatic carbocycles. The van der Waals surface area contributed by atoms with Gasteiger partial charge in [-0.15, -0.1) is 11.3 Å². The van der Waals surface area contributed by atoms with Crippen molar-refractivity contribution >= 4 is 38.6 Å². The van der Waals surface area contributed by atoms with Gasteiger partial charge in [0.15, 0.2) is 0 Å². The minimum atomic E-state index is -3.92. The summed E-state index contributed by atoms with van der Waals surface area (Å²) in [6.45, 7) is 1.62. The van der Waals surface area contributed by atoms with Crippen LogP contribution in [-0.2, 0) is 10.0 Å². The summed E-state index contributed by atoms with van der Waals surface area (Å²) in [7, 11) is -2.49. The van der Waals surface area contributed by atoms with E-state index in [0.717, 1.165) is 15.6 Å². The molecule has 0 radical (unpaired) electrons. The van der Waals surface area contributed by atoms with Crippen LogP contribution in [0.15, 0.2) is 64.9 Å². The topological polar surface area (TPSA) is 66.5 Å². The average Bonchev–Trinajstić information content (AvgIpc) is 3.16. The minimum absolute atomic E-state index is 0.0405. The summed E-state index contributed by atoms with van der Waals surface area (Å²) >= 11 is 1.01. The van der Waals surface area contributed by atoms with Gasteiger partial charge in [-0.1, -0.05) is 24.3 Å². The van der Waals surface area contributed by atoms with E-state index in [1.54, 1.807) is 49.4 Å². The van der Waals surface area contributed by atoms with Gasteiger partial charge in [-0.3, -0.25) is 9.10 Å². The number of halogens is 1. The van der Waals surface area contributed by atoms with Crippen molar-refractivity contribution in [2.45, 2.75) is 11.8 Å². The lowest BCUT2D eigenvalue weighted by molar-refractivity contribution is 0.102.